The molecule has 1 aliphatic rings. The number of likely N-dealkylation sites (N-methyl/N-ethyl adjacent to an activating group) is 1. The molecule has 4 nitrogen and oxygen atoms in total. The van der Waals surface area contributed by atoms with Crippen molar-refractivity contribution in [1.29, 1.82) is 0 Å². The summed E-state index contributed by atoms with van der Waals surface area (Å²) in [5.41, 5.74) is 0. The molecule has 1 aliphatic heterocycles. The number of hydrogen-bond donors (Lipinski definition) is 1. The van der Waals surface area contributed by atoms with Crippen LogP contribution in [-0.4, -0.2) is 72.6 Å². The van der Waals surface area contributed by atoms with Crippen LogP contribution in [0, 0.1) is 0 Å². The number of hydrogen-bond acceptors (Lipinski definition) is 3. The predicted octanol–water partition coefficient (Wildman–Crippen LogP) is 1.73. The zero-order valence-electron chi connectivity index (χ0n) is 13.4. The van der Waals surface area contributed by atoms with Gasteiger partial charge in [0.05, 0.1) is 0 Å². The van der Waals surface area contributed by atoms with Crippen molar-refractivity contribution in [3.05, 3.63) is 0 Å². The van der Waals surface area contributed by atoms with Crippen LogP contribution in [0.2, 0.25) is 0 Å². The van der Waals surface area contributed by atoms with Crippen LogP contribution in [0.5, 0.6) is 0 Å². The second kappa shape index (κ2) is 7.39. The molecule has 19 heavy (non-hydrogen) atoms. The first-order valence-corrected chi connectivity index (χ1v) is 8.14. The zero-order chi connectivity index (χ0) is 14.5. The maximum absolute atomic E-state index is 4.42. The summed E-state index contributed by atoms with van der Waals surface area (Å²) in [4.78, 5) is 9.15. The molecule has 1 rings (SSSR count). The summed E-state index contributed by atoms with van der Waals surface area (Å²) < 4.78 is 0.324. The Balaban J connectivity index is 2.42. The van der Waals surface area contributed by atoms with Gasteiger partial charge in [0.15, 0.2) is 5.96 Å². The summed E-state index contributed by atoms with van der Waals surface area (Å²) in [7, 11) is 4.04. The Kier molecular flexibility index (Phi) is 6.47. The van der Waals surface area contributed by atoms with Crippen molar-refractivity contribution in [2.75, 3.05) is 46.0 Å². The zero-order valence-corrected chi connectivity index (χ0v) is 14.2. The van der Waals surface area contributed by atoms with Gasteiger partial charge in [0, 0.05) is 49.8 Å². The third kappa shape index (κ3) is 5.61. The van der Waals surface area contributed by atoms with Gasteiger partial charge in [-0.2, -0.15) is 11.8 Å². The molecular weight excluding hydrogens is 256 g/mol. The van der Waals surface area contributed by atoms with Gasteiger partial charge in [-0.25, -0.2) is 0 Å². The van der Waals surface area contributed by atoms with Gasteiger partial charge in [0.1, 0.15) is 0 Å². The lowest BCUT2D eigenvalue weighted by atomic mass is 10.2. The number of guanidine groups is 1. The van der Waals surface area contributed by atoms with E-state index in [9.17, 15) is 0 Å². The molecule has 0 unspecified atom stereocenters. The molecular formula is C14H30N4S. The fourth-order valence-corrected chi connectivity index (χ4v) is 3.24. The summed E-state index contributed by atoms with van der Waals surface area (Å²) in [5, 5.41) is 3.49. The third-order valence-electron chi connectivity index (χ3n) is 3.57. The van der Waals surface area contributed by atoms with E-state index in [0.717, 1.165) is 32.1 Å². The molecule has 1 fully saturated rings. The fourth-order valence-electron chi connectivity index (χ4n) is 2.13. The Morgan fingerprint density at radius 1 is 1.47 bits per heavy atom. The van der Waals surface area contributed by atoms with E-state index in [0.29, 0.717) is 10.8 Å². The largest absolute Gasteiger partial charge is 0.355 e. The van der Waals surface area contributed by atoms with Crippen LogP contribution < -0.4 is 5.32 Å². The highest BCUT2D eigenvalue weighted by Gasteiger charge is 2.28. The first-order chi connectivity index (χ1) is 8.85. The van der Waals surface area contributed by atoms with Crippen LogP contribution >= 0.6 is 11.8 Å². The van der Waals surface area contributed by atoms with Gasteiger partial charge in [-0.15, -0.1) is 0 Å². The lowest BCUT2D eigenvalue weighted by Crippen LogP contribution is -2.51. The maximum atomic E-state index is 4.42. The second-order valence-electron chi connectivity index (χ2n) is 6.08. The molecule has 0 atom stereocenters. The average Bonchev–Trinajstić information content (AvgIpc) is 2.32. The fraction of sp³-hybridized carbons (Fsp3) is 0.929. The topological polar surface area (TPSA) is 30.9 Å². The van der Waals surface area contributed by atoms with E-state index in [4.69, 9.17) is 0 Å². The lowest BCUT2D eigenvalue weighted by Gasteiger charge is -2.39. The van der Waals surface area contributed by atoms with Crippen molar-refractivity contribution in [1.82, 2.24) is 15.1 Å². The summed E-state index contributed by atoms with van der Waals surface area (Å²) in [6, 6.07) is 0.592. The van der Waals surface area contributed by atoms with Crippen LogP contribution in [0.1, 0.15) is 27.7 Å². The van der Waals surface area contributed by atoms with Crippen LogP contribution in [0.25, 0.3) is 0 Å². The Hall–Kier alpha value is -0.420. The lowest BCUT2D eigenvalue weighted by molar-refractivity contribution is 0.275. The minimum Gasteiger partial charge on any atom is -0.355 e. The highest BCUT2D eigenvalue weighted by atomic mass is 32.2. The van der Waals surface area contributed by atoms with E-state index in [1.807, 2.05) is 7.05 Å². The minimum atomic E-state index is 0.324. The Morgan fingerprint density at radius 3 is 2.68 bits per heavy atom. The summed E-state index contributed by atoms with van der Waals surface area (Å²) >= 11 is 2.05. The molecule has 1 saturated heterocycles. The molecule has 0 aromatic rings. The smallest absolute Gasteiger partial charge is 0.193 e. The summed E-state index contributed by atoms with van der Waals surface area (Å²) in [5.74, 6) is 2.23. The molecule has 0 aromatic carbocycles. The van der Waals surface area contributed by atoms with Crippen molar-refractivity contribution in [3.8, 4) is 0 Å². The second-order valence-corrected chi connectivity index (χ2v) is 7.88. The Labute approximate surface area is 123 Å². The van der Waals surface area contributed by atoms with Crippen LogP contribution in [0.4, 0.5) is 0 Å². The molecule has 0 spiro atoms. The molecule has 1 heterocycles. The highest BCUT2D eigenvalue weighted by molar-refractivity contribution is 8.00. The SMILES string of the molecule is CN=C(NCCN(C)C(C)C)N1CCSC(C)(C)C1. The quantitative estimate of drug-likeness (QED) is 0.630. The maximum Gasteiger partial charge on any atom is 0.193 e. The summed E-state index contributed by atoms with van der Waals surface area (Å²) in [6.45, 7) is 13.2. The first-order valence-electron chi connectivity index (χ1n) is 7.15. The Morgan fingerprint density at radius 2 is 2.16 bits per heavy atom. The van der Waals surface area contributed by atoms with E-state index in [1.165, 1.54) is 5.75 Å². The van der Waals surface area contributed by atoms with Crippen LogP contribution in [0.3, 0.4) is 0 Å². The first kappa shape index (κ1) is 16.6. The van der Waals surface area contributed by atoms with Gasteiger partial charge in [0.25, 0.3) is 0 Å². The molecule has 112 valence electrons. The number of nitrogens with zero attached hydrogens (tertiary/aromatic N) is 3. The number of nitrogens with one attached hydrogen (secondary N) is 1. The third-order valence-corrected chi connectivity index (χ3v) is 4.86. The van der Waals surface area contributed by atoms with Crippen molar-refractivity contribution in [2.24, 2.45) is 4.99 Å². The monoisotopic (exact) mass is 286 g/mol. The van der Waals surface area contributed by atoms with E-state index >= 15 is 0 Å². The standard InChI is InChI=1S/C14H30N4S/c1-12(2)17(6)8-7-16-13(15-5)18-9-10-19-14(3,4)11-18/h12H,7-11H2,1-6H3,(H,15,16). The molecule has 0 aromatic heterocycles. The number of aliphatic imine (C=N–C) groups is 1. The Bertz CT molecular complexity index is 302. The van der Waals surface area contributed by atoms with Gasteiger partial charge < -0.3 is 15.1 Å². The van der Waals surface area contributed by atoms with Crippen molar-refractivity contribution in [3.63, 3.8) is 0 Å². The molecule has 0 radical (unpaired) electrons. The molecule has 0 amide bonds. The molecule has 0 saturated carbocycles. The molecule has 1 N–H and O–H groups in total. The van der Waals surface area contributed by atoms with Gasteiger partial charge in [-0.3, -0.25) is 4.99 Å². The van der Waals surface area contributed by atoms with E-state index in [-0.39, 0.29) is 0 Å². The van der Waals surface area contributed by atoms with Crippen molar-refractivity contribution in [2.45, 2.75) is 38.5 Å². The molecule has 0 bridgehead atoms. The molecule has 5 heteroatoms. The predicted molar refractivity (Wildman–Crippen MR) is 87.2 cm³/mol. The number of rotatable bonds is 4. The van der Waals surface area contributed by atoms with Gasteiger partial charge in [-0.05, 0) is 34.7 Å². The van der Waals surface area contributed by atoms with Crippen LogP contribution in [-0.2, 0) is 0 Å². The van der Waals surface area contributed by atoms with Gasteiger partial charge in [-0.1, -0.05) is 0 Å². The average molecular weight is 286 g/mol. The van der Waals surface area contributed by atoms with E-state index in [1.54, 1.807) is 0 Å². The van der Waals surface area contributed by atoms with Gasteiger partial charge >= 0.3 is 0 Å². The number of thioether (sulfide) groups is 1. The van der Waals surface area contributed by atoms with Crippen LogP contribution in [0.15, 0.2) is 4.99 Å². The minimum absolute atomic E-state index is 0.324. The highest BCUT2D eigenvalue weighted by Crippen LogP contribution is 2.29. The summed E-state index contributed by atoms with van der Waals surface area (Å²) in [6.07, 6.45) is 0. The molecule has 0 aliphatic carbocycles. The van der Waals surface area contributed by atoms with E-state index < -0.39 is 0 Å². The van der Waals surface area contributed by atoms with Gasteiger partial charge in [0.2, 0.25) is 0 Å². The van der Waals surface area contributed by atoms with E-state index in [2.05, 4.69) is 66.6 Å². The van der Waals surface area contributed by atoms with Crippen molar-refractivity contribution >= 4 is 17.7 Å². The van der Waals surface area contributed by atoms with Crippen molar-refractivity contribution < 1.29 is 0 Å². The normalized spacial score (nSPS) is 20.2.